The summed E-state index contributed by atoms with van der Waals surface area (Å²) in [7, 11) is 0. The Morgan fingerprint density at radius 1 is 1.26 bits per heavy atom. The molecule has 1 atom stereocenters. The normalized spacial score (nSPS) is 20.2. The average molecular weight is 263 g/mol. The van der Waals surface area contributed by atoms with Crippen LogP contribution in [0.1, 0.15) is 30.9 Å². The number of hydrogen-bond donors (Lipinski definition) is 1. The van der Waals surface area contributed by atoms with Crippen molar-refractivity contribution in [1.82, 2.24) is 0 Å². The molecule has 0 radical (unpaired) electrons. The zero-order valence-corrected chi connectivity index (χ0v) is 12.0. The first kappa shape index (κ1) is 14.5. The van der Waals surface area contributed by atoms with Crippen LogP contribution in [0.25, 0.3) is 0 Å². The highest BCUT2D eigenvalue weighted by Crippen LogP contribution is 2.29. The van der Waals surface area contributed by atoms with E-state index in [9.17, 15) is 0 Å². The van der Waals surface area contributed by atoms with Crippen molar-refractivity contribution < 1.29 is 9.47 Å². The van der Waals surface area contributed by atoms with Crippen LogP contribution in [0.3, 0.4) is 0 Å². The Kier molecular flexibility index (Phi) is 4.97. The fourth-order valence-corrected chi connectivity index (χ4v) is 2.79. The monoisotopic (exact) mass is 263 g/mol. The molecule has 1 heterocycles. The summed E-state index contributed by atoms with van der Waals surface area (Å²) in [5.74, 6) is 0. The summed E-state index contributed by atoms with van der Waals surface area (Å²) < 4.78 is 11.5. The van der Waals surface area contributed by atoms with Gasteiger partial charge in [0.1, 0.15) is 0 Å². The number of ether oxygens (including phenoxy) is 2. The molecule has 2 rings (SSSR count). The maximum atomic E-state index is 6.46. The van der Waals surface area contributed by atoms with Crippen LogP contribution in [-0.2, 0) is 15.9 Å². The van der Waals surface area contributed by atoms with Crippen molar-refractivity contribution in [2.75, 3.05) is 19.8 Å². The maximum absolute atomic E-state index is 6.46. The highest BCUT2D eigenvalue weighted by Gasteiger charge is 2.39. The first-order valence-corrected chi connectivity index (χ1v) is 7.19. The van der Waals surface area contributed by atoms with Gasteiger partial charge in [-0.2, -0.15) is 0 Å². The number of benzene rings is 1. The summed E-state index contributed by atoms with van der Waals surface area (Å²) in [5.41, 5.74) is 8.81. The second-order valence-corrected chi connectivity index (χ2v) is 5.41. The lowest BCUT2D eigenvalue weighted by Gasteiger charge is -2.41. The molecule has 0 bridgehead atoms. The van der Waals surface area contributed by atoms with E-state index in [-0.39, 0.29) is 11.6 Å². The van der Waals surface area contributed by atoms with Gasteiger partial charge in [-0.05, 0) is 25.8 Å². The fourth-order valence-electron chi connectivity index (χ4n) is 2.79. The molecule has 1 fully saturated rings. The van der Waals surface area contributed by atoms with Gasteiger partial charge in [-0.1, -0.05) is 29.8 Å². The summed E-state index contributed by atoms with van der Waals surface area (Å²) >= 11 is 0. The summed E-state index contributed by atoms with van der Waals surface area (Å²) in [4.78, 5) is 0. The van der Waals surface area contributed by atoms with Crippen LogP contribution < -0.4 is 5.73 Å². The van der Waals surface area contributed by atoms with Crippen molar-refractivity contribution >= 4 is 0 Å². The van der Waals surface area contributed by atoms with E-state index in [1.807, 2.05) is 6.92 Å². The third-order valence-corrected chi connectivity index (χ3v) is 4.02. The zero-order valence-electron chi connectivity index (χ0n) is 12.0. The van der Waals surface area contributed by atoms with Crippen LogP contribution >= 0.6 is 0 Å². The summed E-state index contributed by atoms with van der Waals surface area (Å²) in [6.45, 7) is 6.35. The molecular weight excluding hydrogens is 238 g/mol. The van der Waals surface area contributed by atoms with Crippen LogP contribution in [0.4, 0.5) is 0 Å². The van der Waals surface area contributed by atoms with Crippen LogP contribution in [0.5, 0.6) is 0 Å². The molecule has 0 saturated carbocycles. The van der Waals surface area contributed by atoms with Crippen LogP contribution in [0, 0.1) is 6.92 Å². The van der Waals surface area contributed by atoms with Crippen molar-refractivity contribution in [1.29, 1.82) is 0 Å². The first-order chi connectivity index (χ1) is 9.16. The Labute approximate surface area is 116 Å². The van der Waals surface area contributed by atoms with Gasteiger partial charge in [0.05, 0.1) is 5.60 Å². The minimum atomic E-state index is -0.210. The van der Waals surface area contributed by atoms with E-state index in [1.165, 1.54) is 11.1 Å². The molecule has 0 spiro atoms. The standard InChI is InChI=1S/C16H25NO2/c1-3-19-16(8-10-18-11-9-16)15(17)12-14-6-4-13(2)5-7-14/h4-7,15H,3,8-12,17H2,1-2H3. The van der Waals surface area contributed by atoms with E-state index in [1.54, 1.807) is 0 Å². The number of hydrogen-bond acceptors (Lipinski definition) is 3. The summed E-state index contributed by atoms with van der Waals surface area (Å²) in [6, 6.07) is 8.63. The number of rotatable bonds is 5. The summed E-state index contributed by atoms with van der Waals surface area (Å²) in [6.07, 6.45) is 2.65. The topological polar surface area (TPSA) is 44.5 Å². The molecule has 1 unspecified atom stereocenters. The molecule has 0 aliphatic carbocycles. The molecule has 106 valence electrons. The molecular formula is C16H25NO2. The van der Waals surface area contributed by atoms with Gasteiger partial charge in [0.2, 0.25) is 0 Å². The molecule has 0 aromatic heterocycles. The Hall–Kier alpha value is -0.900. The molecule has 0 amide bonds. The van der Waals surface area contributed by atoms with Crippen molar-refractivity contribution in [3.63, 3.8) is 0 Å². The van der Waals surface area contributed by atoms with Crippen LogP contribution in [0.15, 0.2) is 24.3 Å². The predicted molar refractivity (Wildman–Crippen MR) is 77.3 cm³/mol. The molecule has 1 aliphatic rings. The van der Waals surface area contributed by atoms with E-state index >= 15 is 0 Å². The van der Waals surface area contributed by atoms with Gasteiger partial charge >= 0.3 is 0 Å². The van der Waals surface area contributed by atoms with E-state index in [4.69, 9.17) is 15.2 Å². The van der Waals surface area contributed by atoms with E-state index < -0.39 is 0 Å². The Bertz CT molecular complexity index is 377. The van der Waals surface area contributed by atoms with Gasteiger partial charge in [-0.3, -0.25) is 0 Å². The largest absolute Gasteiger partial charge is 0.381 e. The third kappa shape index (κ3) is 3.56. The van der Waals surface area contributed by atoms with Crippen molar-refractivity contribution in [2.24, 2.45) is 5.73 Å². The van der Waals surface area contributed by atoms with Crippen molar-refractivity contribution in [3.05, 3.63) is 35.4 Å². The molecule has 1 aromatic carbocycles. The van der Waals surface area contributed by atoms with Gasteiger partial charge in [-0.15, -0.1) is 0 Å². The first-order valence-electron chi connectivity index (χ1n) is 7.19. The van der Waals surface area contributed by atoms with Gasteiger partial charge in [0.25, 0.3) is 0 Å². The Balaban J connectivity index is 2.06. The van der Waals surface area contributed by atoms with Crippen molar-refractivity contribution in [2.45, 2.75) is 44.8 Å². The predicted octanol–water partition coefficient (Wildman–Crippen LogP) is 2.45. The lowest BCUT2D eigenvalue weighted by molar-refractivity contribution is -0.120. The highest BCUT2D eigenvalue weighted by molar-refractivity contribution is 5.22. The Morgan fingerprint density at radius 2 is 1.89 bits per heavy atom. The van der Waals surface area contributed by atoms with E-state index in [0.717, 1.165) is 32.5 Å². The van der Waals surface area contributed by atoms with Crippen molar-refractivity contribution in [3.8, 4) is 0 Å². The number of aryl methyl sites for hydroxylation is 1. The molecule has 1 aromatic rings. The Morgan fingerprint density at radius 3 is 2.47 bits per heavy atom. The van der Waals surface area contributed by atoms with Crippen LogP contribution in [0.2, 0.25) is 0 Å². The molecule has 19 heavy (non-hydrogen) atoms. The number of nitrogens with two attached hydrogens (primary N) is 1. The second-order valence-electron chi connectivity index (χ2n) is 5.41. The van der Waals surface area contributed by atoms with Crippen LogP contribution in [-0.4, -0.2) is 31.5 Å². The van der Waals surface area contributed by atoms with E-state index in [2.05, 4.69) is 31.2 Å². The van der Waals surface area contributed by atoms with Gasteiger partial charge in [-0.25, -0.2) is 0 Å². The molecule has 1 saturated heterocycles. The second kappa shape index (κ2) is 6.51. The average Bonchev–Trinajstić information content (AvgIpc) is 2.43. The SMILES string of the molecule is CCOC1(C(N)Cc2ccc(C)cc2)CCOCC1. The lowest BCUT2D eigenvalue weighted by Crippen LogP contribution is -2.54. The van der Waals surface area contributed by atoms with Gasteiger partial charge in [0, 0.05) is 38.7 Å². The fraction of sp³-hybridized carbons (Fsp3) is 0.625. The minimum absolute atomic E-state index is 0.0269. The maximum Gasteiger partial charge on any atom is 0.0879 e. The van der Waals surface area contributed by atoms with E-state index in [0.29, 0.717) is 6.61 Å². The minimum Gasteiger partial charge on any atom is -0.381 e. The smallest absolute Gasteiger partial charge is 0.0879 e. The quantitative estimate of drug-likeness (QED) is 0.887. The lowest BCUT2D eigenvalue weighted by atomic mass is 9.83. The molecule has 3 heteroatoms. The molecule has 1 aliphatic heterocycles. The van der Waals surface area contributed by atoms with Gasteiger partial charge in [0.15, 0.2) is 0 Å². The zero-order chi connectivity index (χ0) is 13.7. The molecule has 2 N–H and O–H groups in total. The van der Waals surface area contributed by atoms with Gasteiger partial charge < -0.3 is 15.2 Å². The molecule has 3 nitrogen and oxygen atoms in total. The summed E-state index contributed by atoms with van der Waals surface area (Å²) in [5, 5.41) is 0. The third-order valence-electron chi connectivity index (χ3n) is 4.02. The highest BCUT2D eigenvalue weighted by atomic mass is 16.5.